The van der Waals surface area contributed by atoms with Crippen molar-refractivity contribution in [1.29, 1.82) is 0 Å². The molecular formula is C64H125N2O7P. The highest BCUT2D eigenvalue weighted by Crippen LogP contribution is 2.38. The number of nitrogens with one attached hydrogen (secondary N) is 1. The van der Waals surface area contributed by atoms with Crippen LogP contribution in [-0.2, 0) is 27.9 Å². The molecule has 0 aliphatic rings. The fourth-order valence-electron chi connectivity index (χ4n) is 9.64. The van der Waals surface area contributed by atoms with Gasteiger partial charge in [0.1, 0.15) is 19.3 Å². The fraction of sp³-hybridized carbons (Fsp3) is 0.906. The van der Waals surface area contributed by atoms with Gasteiger partial charge in [0.25, 0.3) is 7.82 Å². The van der Waals surface area contributed by atoms with Crippen LogP contribution in [0.15, 0.2) is 24.3 Å². The number of esters is 1. The van der Waals surface area contributed by atoms with Gasteiger partial charge in [0.05, 0.1) is 33.8 Å². The summed E-state index contributed by atoms with van der Waals surface area (Å²) >= 11 is 0. The number of allylic oxidation sites excluding steroid dienone is 3. The molecule has 0 bridgehead atoms. The van der Waals surface area contributed by atoms with Crippen molar-refractivity contribution in [3.63, 3.8) is 0 Å². The van der Waals surface area contributed by atoms with Gasteiger partial charge in [-0.3, -0.25) is 14.2 Å². The van der Waals surface area contributed by atoms with Crippen molar-refractivity contribution in [3.8, 4) is 0 Å². The maximum Gasteiger partial charge on any atom is 0.306 e. The van der Waals surface area contributed by atoms with E-state index in [1.165, 1.54) is 225 Å². The molecule has 438 valence electrons. The van der Waals surface area contributed by atoms with Gasteiger partial charge in [-0.25, -0.2) is 0 Å². The van der Waals surface area contributed by atoms with Crippen molar-refractivity contribution < 1.29 is 37.3 Å². The Labute approximate surface area is 460 Å². The first-order valence-electron chi connectivity index (χ1n) is 32.1. The van der Waals surface area contributed by atoms with Crippen LogP contribution in [-0.4, -0.2) is 69.4 Å². The highest BCUT2D eigenvalue weighted by molar-refractivity contribution is 7.45. The minimum atomic E-state index is -4.69. The van der Waals surface area contributed by atoms with Gasteiger partial charge in [-0.2, -0.15) is 0 Å². The Morgan fingerprint density at radius 3 is 1.15 bits per heavy atom. The molecule has 1 N–H and O–H groups in total. The average molecular weight is 1070 g/mol. The maximum atomic E-state index is 13.5. The molecule has 0 aliphatic carbocycles. The van der Waals surface area contributed by atoms with Crippen LogP contribution in [0.3, 0.4) is 0 Å². The van der Waals surface area contributed by atoms with E-state index in [1.54, 1.807) is 0 Å². The first-order valence-corrected chi connectivity index (χ1v) is 33.6. The molecule has 0 heterocycles. The van der Waals surface area contributed by atoms with Gasteiger partial charge >= 0.3 is 5.97 Å². The lowest BCUT2D eigenvalue weighted by molar-refractivity contribution is -0.870. The molecule has 0 rings (SSSR count). The Morgan fingerprint density at radius 1 is 0.459 bits per heavy atom. The molecular weight excluding hydrogens is 940 g/mol. The lowest BCUT2D eigenvalue weighted by Gasteiger charge is -2.30. The van der Waals surface area contributed by atoms with Gasteiger partial charge in [0.15, 0.2) is 0 Å². The Kier molecular flexibility index (Phi) is 53.7. The maximum absolute atomic E-state index is 13.5. The second-order valence-corrected chi connectivity index (χ2v) is 24.7. The number of carbonyl (C=O) groups excluding carboxylic acids is 2. The Morgan fingerprint density at radius 2 is 0.784 bits per heavy atom. The zero-order valence-electron chi connectivity index (χ0n) is 50.1. The number of hydrogen-bond acceptors (Lipinski definition) is 7. The number of unbranched alkanes of at least 4 members (excludes halogenated alkanes) is 41. The topological polar surface area (TPSA) is 114 Å². The number of amides is 1. The summed E-state index contributed by atoms with van der Waals surface area (Å²) in [6.45, 7) is 6.88. The average Bonchev–Trinajstić information content (AvgIpc) is 3.36. The summed E-state index contributed by atoms with van der Waals surface area (Å²) in [5, 5.41) is 3.04. The summed E-state index contributed by atoms with van der Waals surface area (Å²) in [7, 11) is 1.20. The molecule has 9 nitrogen and oxygen atoms in total. The van der Waals surface area contributed by atoms with Crippen molar-refractivity contribution in [2.75, 3.05) is 40.9 Å². The van der Waals surface area contributed by atoms with Crippen LogP contribution in [0.2, 0.25) is 0 Å². The van der Waals surface area contributed by atoms with E-state index in [0.717, 1.165) is 64.2 Å². The van der Waals surface area contributed by atoms with Crippen molar-refractivity contribution in [2.45, 2.75) is 335 Å². The molecule has 0 radical (unpaired) electrons. The monoisotopic (exact) mass is 1060 g/mol. The number of carbonyl (C=O) groups is 2. The Hall–Kier alpha value is -1.51. The lowest BCUT2D eigenvalue weighted by atomic mass is 10.0. The van der Waals surface area contributed by atoms with Gasteiger partial charge < -0.3 is 28.5 Å². The van der Waals surface area contributed by atoms with Crippen LogP contribution in [0.5, 0.6) is 0 Å². The molecule has 0 fully saturated rings. The molecule has 0 saturated carbocycles. The number of phosphoric ester groups is 1. The molecule has 3 unspecified atom stereocenters. The predicted octanol–water partition coefficient (Wildman–Crippen LogP) is 19.1. The van der Waals surface area contributed by atoms with Crippen LogP contribution in [0.25, 0.3) is 0 Å². The van der Waals surface area contributed by atoms with E-state index in [2.05, 4.69) is 38.2 Å². The van der Waals surface area contributed by atoms with E-state index in [0.29, 0.717) is 17.4 Å². The molecule has 74 heavy (non-hydrogen) atoms. The molecule has 0 aliphatic heterocycles. The lowest BCUT2D eigenvalue weighted by Crippen LogP contribution is -2.47. The van der Waals surface area contributed by atoms with E-state index in [1.807, 2.05) is 33.3 Å². The first-order chi connectivity index (χ1) is 35.9. The van der Waals surface area contributed by atoms with Gasteiger partial charge in [-0.1, -0.05) is 277 Å². The summed E-state index contributed by atoms with van der Waals surface area (Å²) in [5.41, 5.74) is 0. The third-order valence-corrected chi connectivity index (χ3v) is 15.6. The molecule has 0 aromatic heterocycles. The van der Waals surface area contributed by atoms with Gasteiger partial charge in [0.2, 0.25) is 5.91 Å². The smallest absolute Gasteiger partial charge is 0.306 e. The van der Waals surface area contributed by atoms with E-state index >= 15 is 0 Å². The Balaban J connectivity index is 5.19. The minimum Gasteiger partial charge on any atom is -0.756 e. The van der Waals surface area contributed by atoms with E-state index < -0.39 is 20.0 Å². The summed E-state index contributed by atoms with van der Waals surface area (Å²) in [6, 6.07) is -0.884. The summed E-state index contributed by atoms with van der Waals surface area (Å²) < 4.78 is 30.3. The number of nitrogens with zero attached hydrogens (tertiary/aromatic N) is 1. The fourth-order valence-corrected chi connectivity index (χ4v) is 10.4. The standard InChI is InChI=1S/C64H125N2O7P/c1-7-10-13-16-19-22-25-28-30-32-33-35-36-38-41-44-47-50-53-56-63(67)65-61(60-72-74(69,70)71-59-58-66(4,5)6)62(55-52-49-46-43-40-27-24-21-18-15-12-9-3)73-64(68)57-54-51-48-45-42-39-37-34-31-29-26-23-20-17-14-11-8-2/h29,31,52,55,61-62H,7-28,30,32-51,53-54,56-60H2,1-6H3,(H-,65,67,69,70)/b31-29+,55-52+. The summed E-state index contributed by atoms with van der Waals surface area (Å²) in [6.07, 6.45) is 64.2. The second kappa shape index (κ2) is 54.8. The van der Waals surface area contributed by atoms with Gasteiger partial charge in [0, 0.05) is 12.8 Å². The minimum absolute atomic E-state index is 0.0193. The van der Waals surface area contributed by atoms with Crippen molar-refractivity contribution in [2.24, 2.45) is 0 Å². The SMILES string of the molecule is CCCCCCCC/C=C/CCCCCCCCCC(=O)OC(/C=C/CCCCCCCCCCCC)C(COP(=O)([O-])OCC[N+](C)(C)C)NC(=O)CCCCCCCCCCCCCCCCCCCCC. The number of phosphoric acid groups is 1. The summed E-state index contributed by atoms with van der Waals surface area (Å²) in [4.78, 5) is 40.0. The van der Waals surface area contributed by atoms with Crippen LogP contribution < -0.4 is 10.2 Å². The zero-order chi connectivity index (χ0) is 54.3. The van der Waals surface area contributed by atoms with Gasteiger partial charge in [-0.05, 0) is 57.4 Å². The molecule has 0 spiro atoms. The largest absolute Gasteiger partial charge is 0.756 e. The van der Waals surface area contributed by atoms with Crippen LogP contribution in [0.4, 0.5) is 0 Å². The highest BCUT2D eigenvalue weighted by atomic mass is 31.2. The quantitative estimate of drug-likeness (QED) is 0.0212. The highest BCUT2D eigenvalue weighted by Gasteiger charge is 2.27. The normalized spacial score (nSPS) is 13.8. The Bertz CT molecular complexity index is 1320. The number of ether oxygens (including phenoxy) is 1. The number of rotatable bonds is 59. The molecule has 10 heteroatoms. The molecule has 1 amide bonds. The predicted molar refractivity (Wildman–Crippen MR) is 317 cm³/mol. The van der Waals surface area contributed by atoms with Crippen LogP contribution in [0, 0.1) is 0 Å². The van der Waals surface area contributed by atoms with Crippen molar-refractivity contribution in [3.05, 3.63) is 24.3 Å². The van der Waals surface area contributed by atoms with Crippen LogP contribution >= 0.6 is 7.82 Å². The third-order valence-electron chi connectivity index (χ3n) is 14.6. The van der Waals surface area contributed by atoms with Gasteiger partial charge in [-0.15, -0.1) is 0 Å². The van der Waals surface area contributed by atoms with E-state index in [4.69, 9.17) is 13.8 Å². The van der Waals surface area contributed by atoms with Crippen molar-refractivity contribution >= 4 is 19.7 Å². The molecule has 0 aromatic rings. The molecule has 3 atom stereocenters. The molecule has 0 aromatic carbocycles. The number of hydrogen-bond donors (Lipinski definition) is 1. The van der Waals surface area contributed by atoms with Crippen LogP contribution in [0.1, 0.15) is 323 Å². The first kappa shape index (κ1) is 72.5. The van der Waals surface area contributed by atoms with Crippen molar-refractivity contribution in [1.82, 2.24) is 5.32 Å². The second-order valence-electron chi connectivity index (χ2n) is 23.3. The number of quaternary nitrogens is 1. The number of likely N-dealkylation sites (N-methyl/N-ethyl adjacent to an activating group) is 1. The molecule has 0 saturated heterocycles. The third kappa shape index (κ3) is 55.3. The van der Waals surface area contributed by atoms with E-state index in [9.17, 15) is 19.0 Å². The van der Waals surface area contributed by atoms with E-state index in [-0.39, 0.29) is 31.5 Å². The zero-order valence-corrected chi connectivity index (χ0v) is 51.0. The summed E-state index contributed by atoms with van der Waals surface area (Å²) in [5.74, 6) is -0.528.